The fourth-order valence-electron chi connectivity index (χ4n) is 1.93. The highest BCUT2D eigenvalue weighted by Crippen LogP contribution is 2.24. The SMILES string of the molecule is Cc1ccc(F)c(C(CO)Nc2cccc(Br)c2)c1. The van der Waals surface area contributed by atoms with Crippen LogP contribution in [0.4, 0.5) is 10.1 Å². The highest BCUT2D eigenvalue weighted by molar-refractivity contribution is 9.10. The van der Waals surface area contributed by atoms with Crippen LogP contribution in [0.5, 0.6) is 0 Å². The number of aliphatic hydroxyl groups is 1. The molecular formula is C15H15BrFNO. The van der Waals surface area contributed by atoms with Gasteiger partial charge < -0.3 is 10.4 Å². The van der Waals surface area contributed by atoms with Gasteiger partial charge in [-0.3, -0.25) is 0 Å². The highest BCUT2D eigenvalue weighted by atomic mass is 79.9. The Hall–Kier alpha value is -1.39. The van der Waals surface area contributed by atoms with Gasteiger partial charge in [0.05, 0.1) is 12.6 Å². The van der Waals surface area contributed by atoms with E-state index in [-0.39, 0.29) is 12.4 Å². The predicted molar refractivity (Wildman–Crippen MR) is 78.7 cm³/mol. The van der Waals surface area contributed by atoms with Crippen molar-refractivity contribution in [3.05, 3.63) is 63.9 Å². The Morgan fingerprint density at radius 3 is 2.74 bits per heavy atom. The summed E-state index contributed by atoms with van der Waals surface area (Å²) in [5.74, 6) is -0.313. The summed E-state index contributed by atoms with van der Waals surface area (Å²) in [6, 6.07) is 12.0. The van der Waals surface area contributed by atoms with E-state index in [4.69, 9.17) is 0 Å². The van der Waals surface area contributed by atoms with Crippen molar-refractivity contribution >= 4 is 21.6 Å². The van der Waals surface area contributed by atoms with E-state index < -0.39 is 6.04 Å². The fraction of sp³-hybridized carbons (Fsp3) is 0.200. The van der Waals surface area contributed by atoms with Crippen LogP contribution in [0.3, 0.4) is 0 Å². The molecule has 0 aliphatic carbocycles. The molecule has 0 aliphatic heterocycles. The highest BCUT2D eigenvalue weighted by Gasteiger charge is 2.15. The summed E-state index contributed by atoms with van der Waals surface area (Å²) in [4.78, 5) is 0. The van der Waals surface area contributed by atoms with Crippen molar-refractivity contribution in [1.82, 2.24) is 0 Å². The van der Waals surface area contributed by atoms with Gasteiger partial charge in [0.1, 0.15) is 5.82 Å². The van der Waals surface area contributed by atoms with Crippen molar-refractivity contribution in [2.24, 2.45) is 0 Å². The Morgan fingerprint density at radius 2 is 2.05 bits per heavy atom. The smallest absolute Gasteiger partial charge is 0.128 e. The van der Waals surface area contributed by atoms with Crippen LogP contribution in [-0.2, 0) is 0 Å². The monoisotopic (exact) mass is 323 g/mol. The molecule has 4 heteroatoms. The number of aryl methyl sites for hydroxylation is 1. The molecule has 2 rings (SSSR count). The van der Waals surface area contributed by atoms with Gasteiger partial charge in [0.25, 0.3) is 0 Å². The third kappa shape index (κ3) is 3.55. The molecule has 19 heavy (non-hydrogen) atoms. The average molecular weight is 324 g/mol. The van der Waals surface area contributed by atoms with Crippen LogP contribution in [0.2, 0.25) is 0 Å². The van der Waals surface area contributed by atoms with E-state index in [9.17, 15) is 9.50 Å². The number of benzene rings is 2. The molecule has 2 aromatic carbocycles. The van der Waals surface area contributed by atoms with Gasteiger partial charge in [0.2, 0.25) is 0 Å². The zero-order valence-corrected chi connectivity index (χ0v) is 12.1. The molecule has 0 saturated carbocycles. The lowest BCUT2D eigenvalue weighted by Gasteiger charge is -2.19. The summed E-state index contributed by atoms with van der Waals surface area (Å²) in [6.07, 6.45) is 0. The topological polar surface area (TPSA) is 32.3 Å². The van der Waals surface area contributed by atoms with Crippen molar-refractivity contribution in [2.75, 3.05) is 11.9 Å². The summed E-state index contributed by atoms with van der Waals surface area (Å²) >= 11 is 3.38. The largest absolute Gasteiger partial charge is 0.394 e. The maximum Gasteiger partial charge on any atom is 0.128 e. The first-order chi connectivity index (χ1) is 9.10. The summed E-state index contributed by atoms with van der Waals surface area (Å²) in [5, 5.41) is 12.6. The van der Waals surface area contributed by atoms with Crippen molar-refractivity contribution < 1.29 is 9.50 Å². The predicted octanol–water partition coefficient (Wildman–Crippen LogP) is 4.04. The van der Waals surface area contributed by atoms with E-state index in [1.807, 2.05) is 31.2 Å². The van der Waals surface area contributed by atoms with Gasteiger partial charge in [-0.2, -0.15) is 0 Å². The zero-order chi connectivity index (χ0) is 13.8. The molecule has 2 aromatic rings. The molecule has 0 radical (unpaired) electrons. The third-order valence-electron chi connectivity index (χ3n) is 2.88. The van der Waals surface area contributed by atoms with E-state index >= 15 is 0 Å². The number of aliphatic hydroxyl groups excluding tert-OH is 1. The minimum atomic E-state index is -0.464. The van der Waals surface area contributed by atoms with Gasteiger partial charge >= 0.3 is 0 Å². The molecule has 0 heterocycles. The molecule has 0 aliphatic rings. The van der Waals surface area contributed by atoms with Gasteiger partial charge in [-0.1, -0.05) is 39.7 Å². The Bertz CT molecular complexity index is 574. The van der Waals surface area contributed by atoms with Gasteiger partial charge in [-0.05, 0) is 31.2 Å². The minimum absolute atomic E-state index is 0.174. The molecule has 0 amide bonds. The molecule has 1 atom stereocenters. The van der Waals surface area contributed by atoms with Gasteiger partial charge in [-0.15, -0.1) is 0 Å². The molecular weight excluding hydrogens is 309 g/mol. The minimum Gasteiger partial charge on any atom is -0.394 e. The lowest BCUT2D eigenvalue weighted by molar-refractivity contribution is 0.274. The van der Waals surface area contributed by atoms with Crippen LogP contribution in [0.25, 0.3) is 0 Å². The molecule has 0 fully saturated rings. The number of nitrogens with one attached hydrogen (secondary N) is 1. The van der Waals surface area contributed by atoms with Crippen molar-refractivity contribution in [2.45, 2.75) is 13.0 Å². The quantitative estimate of drug-likeness (QED) is 0.889. The van der Waals surface area contributed by atoms with Crippen LogP contribution in [0, 0.1) is 12.7 Å². The second kappa shape index (κ2) is 6.17. The normalized spacial score (nSPS) is 12.2. The number of rotatable bonds is 4. The molecule has 1 unspecified atom stereocenters. The number of anilines is 1. The average Bonchev–Trinajstić information content (AvgIpc) is 2.39. The molecule has 0 spiro atoms. The number of hydrogen-bond acceptors (Lipinski definition) is 2. The lowest BCUT2D eigenvalue weighted by Crippen LogP contribution is -2.16. The second-order valence-corrected chi connectivity index (χ2v) is 5.33. The van der Waals surface area contributed by atoms with Crippen LogP contribution in [0.15, 0.2) is 46.9 Å². The molecule has 0 aromatic heterocycles. The van der Waals surface area contributed by atoms with E-state index in [0.717, 1.165) is 15.7 Å². The first-order valence-electron chi connectivity index (χ1n) is 5.99. The van der Waals surface area contributed by atoms with Gasteiger partial charge in [0, 0.05) is 15.7 Å². The second-order valence-electron chi connectivity index (χ2n) is 4.41. The van der Waals surface area contributed by atoms with E-state index in [2.05, 4.69) is 21.2 Å². The van der Waals surface area contributed by atoms with Crippen molar-refractivity contribution in [3.8, 4) is 0 Å². The van der Waals surface area contributed by atoms with E-state index in [1.165, 1.54) is 6.07 Å². The van der Waals surface area contributed by atoms with Gasteiger partial charge in [-0.25, -0.2) is 4.39 Å². The standard InChI is InChI=1S/C15H15BrFNO/c1-10-5-6-14(17)13(7-10)15(9-19)18-12-4-2-3-11(16)8-12/h2-8,15,18-19H,9H2,1H3. The lowest BCUT2D eigenvalue weighted by atomic mass is 10.0. The zero-order valence-electron chi connectivity index (χ0n) is 10.5. The molecule has 100 valence electrons. The molecule has 0 saturated heterocycles. The molecule has 2 nitrogen and oxygen atoms in total. The molecule has 0 bridgehead atoms. The first-order valence-corrected chi connectivity index (χ1v) is 6.78. The summed E-state index contributed by atoms with van der Waals surface area (Å²) in [5.41, 5.74) is 2.27. The van der Waals surface area contributed by atoms with Gasteiger partial charge in [0.15, 0.2) is 0 Å². The van der Waals surface area contributed by atoms with Crippen LogP contribution in [0.1, 0.15) is 17.2 Å². The van der Waals surface area contributed by atoms with E-state index in [0.29, 0.717) is 5.56 Å². The van der Waals surface area contributed by atoms with Crippen molar-refractivity contribution in [3.63, 3.8) is 0 Å². The van der Waals surface area contributed by atoms with Crippen LogP contribution >= 0.6 is 15.9 Å². The Morgan fingerprint density at radius 1 is 1.26 bits per heavy atom. The Kier molecular flexibility index (Phi) is 4.56. The maximum atomic E-state index is 13.8. The Balaban J connectivity index is 2.27. The summed E-state index contributed by atoms with van der Waals surface area (Å²) in [6.45, 7) is 1.73. The van der Waals surface area contributed by atoms with E-state index in [1.54, 1.807) is 12.1 Å². The molecule has 2 N–H and O–H groups in total. The Labute approximate surface area is 120 Å². The number of hydrogen-bond donors (Lipinski definition) is 2. The summed E-state index contributed by atoms with van der Waals surface area (Å²) in [7, 11) is 0. The van der Waals surface area contributed by atoms with Crippen molar-refractivity contribution in [1.29, 1.82) is 0 Å². The third-order valence-corrected chi connectivity index (χ3v) is 3.37. The fourth-order valence-corrected chi connectivity index (χ4v) is 2.33. The van der Waals surface area contributed by atoms with Crippen LogP contribution < -0.4 is 5.32 Å². The maximum absolute atomic E-state index is 13.8. The number of halogens is 2. The van der Waals surface area contributed by atoms with Crippen LogP contribution in [-0.4, -0.2) is 11.7 Å². The summed E-state index contributed by atoms with van der Waals surface area (Å²) < 4.78 is 14.8. The first kappa shape index (κ1) is 14.0.